The summed E-state index contributed by atoms with van der Waals surface area (Å²) >= 11 is 1.33. The number of nitriles is 1. The van der Waals surface area contributed by atoms with Gasteiger partial charge < -0.3 is 5.73 Å². The number of halogens is 1. The Morgan fingerprint density at radius 1 is 1.70 bits per heavy atom. The van der Waals surface area contributed by atoms with Crippen LogP contribution in [-0.4, -0.2) is 0 Å². The Morgan fingerprint density at radius 3 is 2.50 bits per heavy atom. The van der Waals surface area contributed by atoms with Crippen molar-refractivity contribution in [3.05, 3.63) is 16.5 Å². The van der Waals surface area contributed by atoms with Crippen LogP contribution in [0.1, 0.15) is 10.4 Å². The molecule has 0 unspecified atom stereocenters. The summed E-state index contributed by atoms with van der Waals surface area (Å²) in [5, 5.41) is 9.15. The van der Waals surface area contributed by atoms with Crippen LogP contribution in [0.3, 0.4) is 0 Å². The number of nitrogens with two attached hydrogens (primary N) is 1. The number of aryl methyl sites for hydroxylation is 1. The summed E-state index contributed by atoms with van der Waals surface area (Å²) in [5.74, 6) is 0. The number of nitrogen functional groups attached to an aromatic ring is 1. The van der Waals surface area contributed by atoms with Crippen molar-refractivity contribution in [3.63, 3.8) is 0 Å². The minimum absolute atomic E-state index is 0. The van der Waals surface area contributed by atoms with E-state index in [0.29, 0.717) is 9.88 Å². The highest BCUT2D eigenvalue weighted by atomic mass is 35.5. The second kappa shape index (κ2) is 3.45. The zero-order valence-electron chi connectivity index (χ0n) is 5.42. The van der Waals surface area contributed by atoms with E-state index in [1.807, 2.05) is 13.0 Å². The zero-order chi connectivity index (χ0) is 6.85. The molecule has 1 aromatic rings. The molecule has 2 nitrogen and oxygen atoms in total. The lowest BCUT2D eigenvalue weighted by Crippen LogP contribution is -1.73. The highest BCUT2D eigenvalue weighted by Gasteiger charge is 1.99. The van der Waals surface area contributed by atoms with Gasteiger partial charge in [0.15, 0.2) is 0 Å². The van der Waals surface area contributed by atoms with Crippen LogP contribution in [0.25, 0.3) is 0 Å². The minimum Gasteiger partial charge on any atom is -0.391 e. The molecular weight excluding hydrogens is 168 g/mol. The van der Waals surface area contributed by atoms with Crippen LogP contribution in [0.5, 0.6) is 0 Å². The molecule has 10 heavy (non-hydrogen) atoms. The maximum absolute atomic E-state index is 8.44. The average Bonchev–Trinajstić information content (AvgIpc) is 2.10. The van der Waals surface area contributed by atoms with E-state index in [9.17, 15) is 0 Å². The van der Waals surface area contributed by atoms with Crippen LogP contribution in [0, 0.1) is 18.3 Å². The first-order valence-corrected chi connectivity index (χ1v) is 3.31. The SMILES string of the molecule is Cc1cc(N)sc1C#N.Cl. The summed E-state index contributed by atoms with van der Waals surface area (Å²) in [4.78, 5) is 0.715. The van der Waals surface area contributed by atoms with Crippen molar-refractivity contribution in [1.82, 2.24) is 0 Å². The van der Waals surface area contributed by atoms with E-state index in [2.05, 4.69) is 6.07 Å². The lowest BCUT2D eigenvalue weighted by molar-refractivity contribution is 1.47. The summed E-state index contributed by atoms with van der Waals surface area (Å²) < 4.78 is 0. The molecule has 54 valence electrons. The normalized spacial score (nSPS) is 8.00. The van der Waals surface area contributed by atoms with Gasteiger partial charge in [-0.25, -0.2) is 0 Å². The quantitative estimate of drug-likeness (QED) is 0.654. The Bertz CT molecular complexity index is 261. The van der Waals surface area contributed by atoms with Gasteiger partial charge >= 0.3 is 0 Å². The first-order valence-electron chi connectivity index (χ1n) is 2.50. The summed E-state index contributed by atoms with van der Waals surface area (Å²) in [5.41, 5.74) is 6.39. The fourth-order valence-electron chi connectivity index (χ4n) is 0.618. The number of nitrogens with zero attached hydrogens (tertiary/aromatic N) is 1. The molecular formula is C6H7ClN2S. The number of anilines is 1. The molecule has 4 heteroatoms. The van der Waals surface area contributed by atoms with E-state index >= 15 is 0 Å². The van der Waals surface area contributed by atoms with Crippen LogP contribution >= 0.6 is 23.7 Å². The van der Waals surface area contributed by atoms with E-state index in [1.54, 1.807) is 0 Å². The van der Waals surface area contributed by atoms with Gasteiger partial charge in [-0.3, -0.25) is 0 Å². The molecule has 0 aliphatic rings. The van der Waals surface area contributed by atoms with Gasteiger partial charge in [0.1, 0.15) is 10.9 Å². The first-order chi connectivity index (χ1) is 4.24. The molecule has 0 spiro atoms. The summed E-state index contributed by atoms with van der Waals surface area (Å²) in [6.45, 7) is 1.88. The molecule has 1 heterocycles. The topological polar surface area (TPSA) is 49.8 Å². The average molecular weight is 175 g/mol. The van der Waals surface area contributed by atoms with E-state index in [-0.39, 0.29) is 12.4 Å². The standard InChI is InChI=1S/C6H6N2S.ClH/c1-4-2-6(8)9-5(4)3-7;/h2H,8H2,1H3;1H. The molecule has 0 aliphatic heterocycles. The molecule has 2 N–H and O–H groups in total. The zero-order valence-corrected chi connectivity index (χ0v) is 7.05. The Labute approximate surface area is 69.7 Å². The van der Waals surface area contributed by atoms with Crippen molar-refractivity contribution < 1.29 is 0 Å². The van der Waals surface area contributed by atoms with Crippen molar-refractivity contribution in [3.8, 4) is 6.07 Å². The van der Waals surface area contributed by atoms with Gasteiger partial charge in [-0.05, 0) is 18.6 Å². The minimum atomic E-state index is 0. The number of hydrogen-bond acceptors (Lipinski definition) is 3. The Balaban J connectivity index is 0.000000810. The predicted octanol–water partition coefficient (Wildman–Crippen LogP) is 1.93. The highest BCUT2D eigenvalue weighted by molar-refractivity contribution is 7.16. The molecule has 0 aromatic carbocycles. The fraction of sp³-hybridized carbons (Fsp3) is 0.167. The third-order valence-corrected chi connectivity index (χ3v) is 2.01. The van der Waals surface area contributed by atoms with Gasteiger partial charge in [0.25, 0.3) is 0 Å². The van der Waals surface area contributed by atoms with Crippen LogP contribution in [0.4, 0.5) is 5.00 Å². The van der Waals surface area contributed by atoms with Crippen LogP contribution < -0.4 is 5.73 Å². The van der Waals surface area contributed by atoms with Gasteiger partial charge in [-0.2, -0.15) is 5.26 Å². The van der Waals surface area contributed by atoms with E-state index in [1.165, 1.54) is 11.3 Å². The second-order valence-corrected chi connectivity index (χ2v) is 2.86. The third-order valence-electron chi connectivity index (χ3n) is 1.04. The Morgan fingerprint density at radius 2 is 2.30 bits per heavy atom. The van der Waals surface area contributed by atoms with Gasteiger partial charge in [0, 0.05) is 0 Å². The monoisotopic (exact) mass is 174 g/mol. The molecule has 0 aliphatic carbocycles. The molecule has 0 radical (unpaired) electrons. The largest absolute Gasteiger partial charge is 0.391 e. The molecule has 0 bridgehead atoms. The maximum atomic E-state index is 8.44. The van der Waals surface area contributed by atoms with Crippen LogP contribution in [0.2, 0.25) is 0 Å². The lowest BCUT2D eigenvalue weighted by Gasteiger charge is -1.76. The van der Waals surface area contributed by atoms with Crippen molar-refractivity contribution in [2.24, 2.45) is 0 Å². The van der Waals surface area contributed by atoms with E-state index in [0.717, 1.165) is 5.56 Å². The van der Waals surface area contributed by atoms with Crippen molar-refractivity contribution >= 4 is 28.7 Å². The molecule has 0 fully saturated rings. The van der Waals surface area contributed by atoms with Gasteiger partial charge in [0.05, 0.1) is 5.00 Å². The third kappa shape index (κ3) is 1.63. The van der Waals surface area contributed by atoms with Crippen molar-refractivity contribution in [1.29, 1.82) is 5.26 Å². The van der Waals surface area contributed by atoms with Crippen LogP contribution in [-0.2, 0) is 0 Å². The van der Waals surface area contributed by atoms with Gasteiger partial charge in [0.2, 0.25) is 0 Å². The fourth-order valence-corrected chi connectivity index (χ4v) is 1.35. The Kier molecular flexibility index (Phi) is 3.20. The molecule has 1 aromatic heterocycles. The number of thiophene rings is 1. The predicted molar refractivity (Wildman–Crippen MR) is 45.4 cm³/mol. The number of hydrogen-bond donors (Lipinski definition) is 1. The smallest absolute Gasteiger partial charge is 0.110 e. The number of rotatable bonds is 0. The van der Waals surface area contributed by atoms with E-state index in [4.69, 9.17) is 11.0 Å². The summed E-state index contributed by atoms with van der Waals surface area (Å²) in [7, 11) is 0. The maximum Gasteiger partial charge on any atom is 0.110 e. The molecule has 1 rings (SSSR count). The van der Waals surface area contributed by atoms with Crippen molar-refractivity contribution in [2.45, 2.75) is 6.92 Å². The highest BCUT2D eigenvalue weighted by Crippen LogP contribution is 2.21. The Hall–Kier alpha value is -0.720. The van der Waals surface area contributed by atoms with E-state index < -0.39 is 0 Å². The first kappa shape index (κ1) is 9.28. The molecule has 0 amide bonds. The van der Waals surface area contributed by atoms with Crippen molar-refractivity contribution in [2.75, 3.05) is 5.73 Å². The molecule has 0 saturated carbocycles. The second-order valence-electron chi connectivity index (χ2n) is 1.77. The molecule has 0 saturated heterocycles. The summed E-state index contributed by atoms with van der Waals surface area (Å²) in [6, 6.07) is 3.86. The molecule has 0 atom stereocenters. The van der Waals surface area contributed by atoms with Crippen LogP contribution in [0.15, 0.2) is 6.07 Å². The van der Waals surface area contributed by atoms with Gasteiger partial charge in [-0.15, -0.1) is 23.7 Å². The van der Waals surface area contributed by atoms with Gasteiger partial charge in [-0.1, -0.05) is 0 Å². The lowest BCUT2D eigenvalue weighted by atomic mass is 10.3. The summed E-state index contributed by atoms with van der Waals surface area (Å²) in [6.07, 6.45) is 0.